The molecule has 0 bridgehead atoms. The Bertz CT molecular complexity index is 186. The van der Waals surface area contributed by atoms with Crippen molar-refractivity contribution in [3.8, 4) is 0 Å². The molecule has 1 aliphatic heterocycles. The van der Waals surface area contributed by atoms with E-state index >= 15 is 0 Å². The third kappa shape index (κ3) is 4.65. The van der Waals surface area contributed by atoms with Crippen LogP contribution in [0.25, 0.3) is 0 Å². The molecular weight excluding hydrogens is 188 g/mol. The van der Waals surface area contributed by atoms with Crippen LogP contribution < -0.4 is 5.73 Å². The monoisotopic (exact) mass is 212 g/mol. The smallest absolute Gasteiger partial charge is 0.224 e. The van der Waals surface area contributed by atoms with E-state index in [1.165, 1.54) is 12.8 Å². The van der Waals surface area contributed by atoms with Gasteiger partial charge >= 0.3 is 0 Å². The lowest BCUT2D eigenvalue weighted by molar-refractivity contribution is -0.131. The largest absolute Gasteiger partial charge is 0.343 e. The highest BCUT2D eigenvalue weighted by atomic mass is 16.2. The molecule has 3 heteroatoms. The zero-order valence-electron chi connectivity index (χ0n) is 9.87. The number of rotatable bonds is 4. The first-order chi connectivity index (χ1) is 7.24. The van der Waals surface area contributed by atoms with E-state index in [0.29, 0.717) is 6.42 Å². The SMILES string of the molecule is CCCC(N)CC(=O)N1CCCCCC1. The summed E-state index contributed by atoms with van der Waals surface area (Å²) >= 11 is 0. The van der Waals surface area contributed by atoms with E-state index < -0.39 is 0 Å². The number of carbonyl (C=O) groups is 1. The number of nitrogens with zero attached hydrogens (tertiary/aromatic N) is 1. The van der Waals surface area contributed by atoms with Gasteiger partial charge in [-0.3, -0.25) is 4.79 Å². The molecular formula is C12H24N2O. The van der Waals surface area contributed by atoms with Gasteiger partial charge < -0.3 is 10.6 Å². The fraction of sp³-hybridized carbons (Fsp3) is 0.917. The van der Waals surface area contributed by atoms with E-state index in [0.717, 1.165) is 38.8 Å². The van der Waals surface area contributed by atoms with Crippen molar-refractivity contribution in [1.29, 1.82) is 0 Å². The summed E-state index contributed by atoms with van der Waals surface area (Å²) in [6, 6.07) is 0.0609. The standard InChI is InChI=1S/C12H24N2O/c1-2-7-11(13)10-12(15)14-8-5-3-4-6-9-14/h11H,2-10,13H2,1H3. The summed E-state index contributed by atoms with van der Waals surface area (Å²) in [7, 11) is 0. The molecule has 0 aromatic carbocycles. The highest BCUT2D eigenvalue weighted by Crippen LogP contribution is 2.11. The van der Waals surface area contributed by atoms with Crippen molar-refractivity contribution in [3.63, 3.8) is 0 Å². The van der Waals surface area contributed by atoms with Crippen LogP contribution >= 0.6 is 0 Å². The van der Waals surface area contributed by atoms with Crippen molar-refractivity contribution in [3.05, 3.63) is 0 Å². The zero-order chi connectivity index (χ0) is 11.1. The second-order valence-electron chi connectivity index (χ2n) is 4.55. The summed E-state index contributed by atoms with van der Waals surface area (Å²) in [5.41, 5.74) is 5.88. The minimum Gasteiger partial charge on any atom is -0.343 e. The molecule has 1 unspecified atom stereocenters. The van der Waals surface area contributed by atoms with Gasteiger partial charge in [0.2, 0.25) is 5.91 Å². The Morgan fingerprint density at radius 3 is 2.40 bits per heavy atom. The summed E-state index contributed by atoms with van der Waals surface area (Å²) in [6.07, 6.45) is 7.42. The van der Waals surface area contributed by atoms with Crippen LogP contribution in [0, 0.1) is 0 Å². The van der Waals surface area contributed by atoms with Crippen LogP contribution in [0.3, 0.4) is 0 Å². The van der Waals surface area contributed by atoms with Gasteiger partial charge in [-0.05, 0) is 19.3 Å². The summed E-state index contributed by atoms with van der Waals surface area (Å²) < 4.78 is 0. The topological polar surface area (TPSA) is 46.3 Å². The van der Waals surface area contributed by atoms with Crippen molar-refractivity contribution < 1.29 is 4.79 Å². The Morgan fingerprint density at radius 1 is 1.27 bits per heavy atom. The lowest BCUT2D eigenvalue weighted by atomic mass is 10.1. The molecule has 15 heavy (non-hydrogen) atoms. The van der Waals surface area contributed by atoms with Gasteiger partial charge in [-0.2, -0.15) is 0 Å². The summed E-state index contributed by atoms with van der Waals surface area (Å²) in [4.78, 5) is 13.9. The van der Waals surface area contributed by atoms with Crippen molar-refractivity contribution >= 4 is 5.91 Å². The van der Waals surface area contributed by atoms with E-state index in [-0.39, 0.29) is 11.9 Å². The molecule has 1 amide bonds. The zero-order valence-corrected chi connectivity index (χ0v) is 9.87. The molecule has 1 atom stereocenters. The van der Waals surface area contributed by atoms with Crippen LogP contribution in [0.1, 0.15) is 51.9 Å². The summed E-state index contributed by atoms with van der Waals surface area (Å²) in [5, 5.41) is 0. The van der Waals surface area contributed by atoms with Crippen LogP contribution in [0.5, 0.6) is 0 Å². The predicted molar refractivity (Wildman–Crippen MR) is 62.5 cm³/mol. The fourth-order valence-corrected chi connectivity index (χ4v) is 2.15. The number of hydrogen-bond donors (Lipinski definition) is 1. The molecule has 3 nitrogen and oxygen atoms in total. The van der Waals surface area contributed by atoms with E-state index in [9.17, 15) is 4.79 Å². The molecule has 0 radical (unpaired) electrons. The van der Waals surface area contributed by atoms with E-state index in [2.05, 4.69) is 6.92 Å². The molecule has 1 heterocycles. The van der Waals surface area contributed by atoms with Gasteiger partial charge in [-0.1, -0.05) is 26.2 Å². The van der Waals surface area contributed by atoms with Gasteiger partial charge in [-0.15, -0.1) is 0 Å². The Labute approximate surface area is 93.0 Å². The highest BCUT2D eigenvalue weighted by molar-refractivity contribution is 5.76. The maximum Gasteiger partial charge on any atom is 0.224 e. The van der Waals surface area contributed by atoms with Gasteiger partial charge in [0.1, 0.15) is 0 Å². The minimum atomic E-state index is 0.0609. The molecule has 1 aliphatic rings. The fourth-order valence-electron chi connectivity index (χ4n) is 2.15. The Kier molecular flexibility index (Phi) is 5.69. The van der Waals surface area contributed by atoms with E-state index in [4.69, 9.17) is 5.73 Å². The Morgan fingerprint density at radius 2 is 1.87 bits per heavy atom. The molecule has 0 spiro atoms. The van der Waals surface area contributed by atoms with Gasteiger partial charge in [-0.25, -0.2) is 0 Å². The summed E-state index contributed by atoms with van der Waals surface area (Å²) in [6.45, 7) is 3.99. The number of carbonyl (C=O) groups excluding carboxylic acids is 1. The first-order valence-corrected chi connectivity index (χ1v) is 6.27. The quantitative estimate of drug-likeness (QED) is 0.773. The molecule has 2 N–H and O–H groups in total. The number of likely N-dealkylation sites (tertiary alicyclic amines) is 1. The van der Waals surface area contributed by atoms with Gasteiger partial charge in [0.25, 0.3) is 0 Å². The maximum absolute atomic E-state index is 11.9. The van der Waals surface area contributed by atoms with Gasteiger partial charge in [0.15, 0.2) is 0 Å². The Hall–Kier alpha value is -0.570. The minimum absolute atomic E-state index is 0.0609. The third-order valence-corrected chi connectivity index (χ3v) is 3.06. The second-order valence-corrected chi connectivity index (χ2v) is 4.55. The normalized spacial score (nSPS) is 19.7. The average molecular weight is 212 g/mol. The van der Waals surface area contributed by atoms with Crippen LogP contribution in [-0.2, 0) is 4.79 Å². The van der Waals surface area contributed by atoms with Crippen LogP contribution in [0.15, 0.2) is 0 Å². The van der Waals surface area contributed by atoms with Gasteiger partial charge in [0.05, 0.1) is 0 Å². The van der Waals surface area contributed by atoms with Crippen molar-refractivity contribution in [2.24, 2.45) is 5.73 Å². The molecule has 0 aromatic heterocycles. The van der Waals surface area contributed by atoms with Crippen molar-refractivity contribution in [2.45, 2.75) is 57.9 Å². The number of hydrogen-bond acceptors (Lipinski definition) is 2. The first-order valence-electron chi connectivity index (χ1n) is 6.27. The first kappa shape index (κ1) is 12.5. The van der Waals surface area contributed by atoms with E-state index in [1.54, 1.807) is 0 Å². The lowest BCUT2D eigenvalue weighted by Gasteiger charge is -2.22. The predicted octanol–water partition coefficient (Wildman–Crippen LogP) is 1.91. The molecule has 1 rings (SSSR count). The lowest BCUT2D eigenvalue weighted by Crippen LogP contribution is -2.36. The summed E-state index contributed by atoms with van der Waals surface area (Å²) in [5.74, 6) is 0.262. The maximum atomic E-state index is 11.9. The molecule has 88 valence electrons. The average Bonchev–Trinajstić information content (AvgIpc) is 2.45. The molecule has 1 fully saturated rings. The van der Waals surface area contributed by atoms with Crippen molar-refractivity contribution in [2.75, 3.05) is 13.1 Å². The van der Waals surface area contributed by atoms with E-state index in [1.807, 2.05) is 4.90 Å². The van der Waals surface area contributed by atoms with Crippen molar-refractivity contribution in [1.82, 2.24) is 4.90 Å². The number of nitrogens with two attached hydrogens (primary N) is 1. The molecule has 0 aromatic rings. The third-order valence-electron chi connectivity index (χ3n) is 3.06. The number of amides is 1. The van der Waals surface area contributed by atoms with Crippen LogP contribution in [0.2, 0.25) is 0 Å². The molecule has 0 saturated carbocycles. The highest BCUT2D eigenvalue weighted by Gasteiger charge is 2.17. The van der Waals surface area contributed by atoms with Crippen LogP contribution in [0.4, 0.5) is 0 Å². The second kappa shape index (κ2) is 6.83. The van der Waals surface area contributed by atoms with Crippen LogP contribution in [-0.4, -0.2) is 29.9 Å². The Balaban J connectivity index is 2.30. The molecule has 1 saturated heterocycles. The van der Waals surface area contributed by atoms with Gasteiger partial charge in [0, 0.05) is 25.6 Å². The molecule has 0 aliphatic carbocycles.